The fourth-order valence-corrected chi connectivity index (χ4v) is 8.02. The van der Waals surface area contributed by atoms with Crippen LogP contribution in [-0.2, 0) is 0 Å². The van der Waals surface area contributed by atoms with Crippen LogP contribution in [0.15, 0.2) is 133 Å². The van der Waals surface area contributed by atoms with Crippen molar-refractivity contribution >= 4 is 34.6 Å². The molecule has 0 unspecified atom stereocenters. The monoisotopic (exact) mass is 1110 g/mol. The zero-order valence-corrected chi connectivity index (χ0v) is 43.2. The maximum atomic E-state index is 13.7. The van der Waals surface area contributed by atoms with Crippen molar-refractivity contribution in [2.24, 2.45) is 0 Å². The molecule has 19 heteroatoms. The van der Waals surface area contributed by atoms with Gasteiger partial charge in [-0.05, 0) is 151 Å². The Hall–Kier alpha value is -7.57. The quantitative estimate of drug-likeness (QED) is 0.0186. The number of rotatable bonds is 30. The van der Waals surface area contributed by atoms with E-state index in [0.29, 0.717) is 48.3 Å². The SMILES string of the molecule is CCCCCCCCCCOc1ccc(C(=O)Oc2ccc(C(=O)Oc3ccc4ccc(OC(=O)c5ccc(OC(=O)c6ccc(OCCCCCCCCC(F)(F)C(F)(F)C(F)(F)C(F)(F)F)cc6)cc5)cc4c3)cc2)cc1. The highest BCUT2D eigenvalue weighted by molar-refractivity contribution is 5.95. The maximum absolute atomic E-state index is 13.7. The van der Waals surface area contributed by atoms with Crippen molar-refractivity contribution in [3.8, 4) is 34.5 Å². The van der Waals surface area contributed by atoms with Gasteiger partial charge in [-0.3, -0.25) is 0 Å². The van der Waals surface area contributed by atoms with Gasteiger partial charge in [0, 0.05) is 6.42 Å². The highest BCUT2D eigenvalue weighted by Crippen LogP contribution is 2.54. The molecule has 422 valence electrons. The number of ether oxygens (including phenoxy) is 6. The molecule has 0 bridgehead atoms. The normalized spacial score (nSPS) is 12.0. The van der Waals surface area contributed by atoms with E-state index >= 15 is 0 Å². The predicted octanol–water partition coefficient (Wildman–Crippen LogP) is 16.8. The van der Waals surface area contributed by atoms with E-state index in [9.17, 15) is 58.7 Å². The number of fused-ring (bicyclic) bond motifs is 1. The van der Waals surface area contributed by atoms with E-state index in [0.717, 1.165) is 18.2 Å². The predicted molar refractivity (Wildman–Crippen MR) is 276 cm³/mol. The summed E-state index contributed by atoms with van der Waals surface area (Å²) in [6, 6.07) is 34.2. The number of alkyl halides is 9. The minimum absolute atomic E-state index is 0.0893. The summed E-state index contributed by atoms with van der Waals surface area (Å²) in [7, 11) is 0. The van der Waals surface area contributed by atoms with Crippen LogP contribution in [0.3, 0.4) is 0 Å². The lowest BCUT2D eigenvalue weighted by atomic mass is 9.98. The molecule has 0 heterocycles. The zero-order valence-electron chi connectivity index (χ0n) is 43.2. The number of hydrogen-bond acceptors (Lipinski definition) is 10. The van der Waals surface area contributed by atoms with Gasteiger partial charge >= 0.3 is 47.8 Å². The van der Waals surface area contributed by atoms with Crippen molar-refractivity contribution in [2.75, 3.05) is 13.2 Å². The fraction of sp³-hybridized carbons (Fsp3) is 0.367. The molecule has 79 heavy (non-hydrogen) atoms. The maximum Gasteiger partial charge on any atom is 0.460 e. The van der Waals surface area contributed by atoms with Gasteiger partial charge in [-0.1, -0.05) is 89.7 Å². The standard InChI is InChI=1S/C60H59F9O10/c1-2-3-4-5-6-8-11-14-37-74-47-26-18-42(19-27-47)53(70)76-49-30-22-44(23-31-49)55(72)78-51-34-16-41-17-35-52(40-46(41)39-51)79-56(73)45-24-32-50(33-25-45)77-54(71)43-20-28-48(29-21-43)75-38-15-12-9-7-10-13-36-57(61,62)58(63,64)59(65,66)60(67,68)69/h16-35,39-40H,2-15,36-38H2,1H3. The Morgan fingerprint density at radius 1 is 0.342 bits per heavy atom. The van der Waals surface area contributed by atoms with Crippen molar-refractivity contribution in [2.45, 2.75) is 127 Å². The molecule has 6 rings (SSSR count). The van der Waals surface area contributed by atoms with Crippen LogP contribution < -0.4 is 28.4 Å². The zero-order chi connectivity index (χ0) is 57.1. The summed E-state index contributed by atoms with van der Waals surface area (Å²) in [6.07, 6.45) is 1.88. The lowest BCUT2D eigenvalue weighted by Gasteiger charge is -2.33. The molecule has 6 aromatic rings. The summed E-state index contributed by atoms with van der Waals surface area (Å²) in [5, 5.41) is 1.37. The third-order valence-electron chi connectivity index (χ3n) is 12.6. The Morgan fingerprint density at radius 2 is 0.646 bits per heavy atom. The van der Waals surface area contributed by atoms with Gasteiger partial charge in [-0.25, -0.2) is 19.2 Å². The molecule has 6 aromatic carbocycles. The fourth-order valence-electron chi connectivity index (χ4n) is 8.02. The van der Waals surface area contributed by atoms with E-state index in [1.807, 2.05) is 0 Å². The van der Waals surface area contributed by atoms with Gasteiger partial charge in [-0.2, -0.15) is 39.5 Å². The van der Waals surface area contributed by atoms with Crippen LogP contribution in [0.25, 0.3) is 10.8 Å². The van der Waals surface area contributed by atoms with Gasteiger partial charge in [0.15, 0.2) is 0 Å². The molecule has 0 aliphatic rings. The second-order valence-corrected chi connectivity index (χ2v) is 18.7. The first kappa shape index (κ1) is 60.7. The van der Waals surface area contributed by atoms with Gasteiger partial charge in [0.05, 0.1) is 35.5 Å². The Balaban J connectivity index is 0.879. The Kier molecular flexibility index (Phi) is 21.8. The molecule has 10 nitrogen and oxygen atoms in total. The molecule has 0 fully saturated rings. The number of halogens is 9. The van der Waals surface area contributed by atoms with E-state index in [1.54, 1.807) is 60.7 Å². The van der Waals surface area contributed by atoms with E-state index in [1.165, 1.54) is 111 Å². The first-order valence-electron chi connectivity index (χ1n) is 26.0. The number of unbranched alkanes of at least 4 members (excludes halogenated alkanes) is 12. The first-order chi connectivity index (χ1) is 37.7. The van der Waals surface area contributed by atoms with Crippen LogP contribution in [0.2, 0.25) is 0 Å². The molecule has 0 amide bonds. The molecular weight excluding hydrogens is 1050 g/mol. The lowest BCUT2D eigenvalue weighted by molar-refractivity contribution is -0.396. The summed E-state index contributed by atoms with van der Waals surface area (Å²) >= 11 is 0. The number of carbonyl (C=O) groups is 4. The van der Waals surface area contributed by atoms with E-state index < -0.39 is 60.7 Å². The minimum atomic E-state index is -6.88. The molecule has 0 atom stereocenters. The van der Waals surface area contributed by atoms with Crippen LogP contribution in [-0.4, -0.2) is 61.0 Å². The summed E-state index contributed by atoms with van der Waals surface area (Å²) in [5.74, 6) is -19.8. The minimum Gasteiger partial charge on any atom is -0.494 e. The molecule has 0 N–H and O–H groups in total. The third kappa shape index (κ3) is 17.5. The number of esters is 4. The molecule has 0 saturated carbocycles. The Labute approximate surface area is 451 Å². The highest BCUT2D eigenvalue weighted by Gasteiger charge is 2.81. The lowest BCUT2D eigenvalue weighted by Crippen LogP contribution is -2.60. The largest absolute Gasteiger partial charge is 0.494 e. The van der Waals surface area contributed by atoms with Gasteiger partial charge in [-0.15, -0.1) is 0 Å². The number of benzene rings is 6. The van der Waals surface area contributed by atoms with Crippen LogP contribution >= 0.6 is 0 Å². The Bertz CT molecular complexity index is 2930. The number of carbonyl (C=O) groups excluding carboxylic acids is 4. The Morgan fingerprint density at radius 3 is 1.00 bits per heavy atom. The molecule has 0 saturated heterocycles. The summed E-state index contributed by atoms with van der Waals surface area (Å²) in [4.78, 5) is 51.8. The van der Waals surface area contributed by atoms with Crippen LogP contribution in [0.5, 0.6) is 34.5 Å². The molecule has 0 radical (unpaired) electrons. The number of hydrogen-bond donors (Lipinski definition) is 0. The summed E-state index contributed by atoms with van der Waals surface area (Å²) < 4.78 is 151. The van der Waals surface area contributed by atoms with Gasteiger partial charge in [0.2, 0.25) is 0 Å². The molecule has 0 aliphatic carbocycles. The smallest absolute Gasteiger partial charge is 0.460 e. The van der Waals surface area contributed by atoms with Crippen molar-refractivity contribution in [3.63, 3.8) is 0 Å². The summed E-state index contributed by atoms with van der Waals surface area (Å²) in [6.45, 7) is 3.03. The molecular formula is C60H59F9O10. The molecule has 0 spiro atoms. The van der Waals surface area contributed by atoms with Crippen LogP contribution in [0.4, 0.5) is 39.5 Å². The van der Waals surface area contributed by atoms with Crippen molar-refractivity contribution in [1.29, 1.82) is 0 Å². The van der Waals surface area contributed by atoms with Crippen LogP contribution in [0, 0.1) is 0 Å². The highest BCUT2D eigenvalue weighted by atomic mass is 19.4. The molecule has 0 aromatic heterocycles. The average molecular weight is 1110 g/mol. The van der Waals surface area contributed by atoms with E-state index in [4.69, 9.17) is 28.4 Å². The van der Waals surface area contributed by atoms with Gasteiger partial charge in [0.1, 0.15) is 34.5 Å². The van der Waals surface area contributed by atoms with Crippen molar-refractivity contribution in [3.05, 3.63) is 156 Å². The van der Waals surface area contributed by atoms with Crippen molar-refractivity contribution < 1.29 is 87.1 Å². The van der Waals surface area contributed by atoms with E-state index in [2.05, 4.69) is 6.92 Å². The first-order valence-corrected chi connectivity index (χ1v) is 26.0. The second kappa shape index (κ2) is 28.4. The summed E-state index contributed by atoms with van der Waals surface area (Å²) in [5.41, 5.74) is 0.879. The van der Waals surface area contributed by atoms with E-state index in [-0.39, 0.29) is 59.1 Å². The van der Waals surface area contributed by atoms with Crippen molar-refractivity contribution in [1.82, 2.24) is 0 Å². The average Bonchev–Trinajstić information content (AvgIpc) is 3.51. The topological polar surface area (TPSA) is 124 Å². The second-order valence-electron chi connectivity index (χ2n) is 18.7. The van der Waals surface area contributed by atoms with Crippen LogP contribution in [0.1, 0.15) is 145 Å². The van der Waals surface area contributed by atoms with Gasteiger partial charge < -0.3 is 28.4 Å². The molecule has 0 aliphatic heterocycles. The third-order valence-corrected chi connectivity index (χ3v) is 12.6. The van der Waals surface area contributed by atoms with Gasteiger partial charge in [0.25, 0.3) is 0 Å².